The Hall–Kier alpha value is -1.90. The van der Waals surface area contributed by atoms with Crippen LogP contribution in [0.4, 0.5) is 0 Å². The Morgan fingerprint density at radius 3 is 2.51 bits per heavy atom. The Morgan fingerprint density at radius 1 is 1.06 bits per heavy atom. The quantitative estimate of drug-likeness (QED) is 0.131. The maximum atomic E-state index is 12.3. The lowest BCUT2D eigenvalue weighted by Gasteiger charge is -2.31. The van der Waals surface area contributed by atoms with Gasteiger partial charge in [0.15, 0.2) is 4.93 Å². The fourth-order valence-corrected chi connectivity index (χ4v) is 4.64. The van der Waals surface area contributed by atoms with E-state index in [0.29, 0.717) is 37.6 Å². The zero-order valence-electron chi connectivity index (χ0n) is 21.6. The summed E-state index contributed by atoms with van der Waals surface area (Å²) in [5.41, 5.74) is 0.537. The van der Waals surface area contributed by atoms with Crippen molar-refractivity contribution in [2.45, 2.75) is 44.3 Å². The van der Waals surface area contributed by atoms with E-state index in [4.69, 9.17) is 14.2 Å². The second-order valence-electron chi connectivity index (χ2n) is 8.69. The predicted octanol–water partition coefficient (Wildman–Crippen LogP) is 3.08. The van der Waals surface area contributed by atoms with Gasteiger partial charge < -0.3 is 30.2 Å². The first-order valence-corrected chi connectivity index (χ1v) is 13.6. The number of benzene rings is 1. The van der Waals surface area contributed by atoms with Crippen LogP contribution in [-0.2, 0) is 14.3 Å². The summed E-state index contributed by atoms with van der Waals surface area (Å²) in [6, 6.07) is 7.09. The first-order valence-electron chi connectivity index (χ1n) is 11.5. The maximum absolute atomic E-state index is 12.3. The number of nitrogens with one attached hydrogen (secondary N) is 3. The van der Waals surface area contributed by atoms with Crippen LogP contribution in [0.15, 0.2) is 24.3 Å². The van der Waals surface area contributed by atoms with Gasteiger partial charge in [0.2, 0.25) is 5.91 Å². The largest absolute Gasteiger partial charge is 0.490 e. The molecule has 2 amide bonds. The van der Waals surface area contributed by atoms with Crippen molar-refractivity contribution >= 4 is 33.4 Å². The molecular formula is C25H39N3O5S2. The Kier molecular flexibility index (Phi) is 14.9. The monoisotopic (exact) mass is 525 g/mol. The van der Waals surface area contributed by atoms with E-state index < -0.39 is 4.93 Å². The number of hydrogen-bond acceptors (Lipinski definition) is 8. The van der Waals surface area contributed by atoms with Gasteiger partial charge in [-0.3, -0.25) is 9.59 Å². The van der Waals surface area contributed by atoms with Gasteiger partial charge >= 0.3 is 0 Å². The molecule has 0 bridgehead atoms. The molecule has 0 fully saturated rings. The van der Waals surface area contributed by atoms with E-state index in [2.05, 4.69) is 48.6 Å². The van der Waals surface area contributed by atoms with E-state index in [0.717, 1.165) is 0 Å². The van der Waals surface area contributed by atoms with Crippen molar-refractivity contribution in [3.05, 3.63) is 29.8 Å². The van der Waals surface area contributed by atoms with Gasteiger partial charge in [-0.05, 0) is 39.1 Å². The minimum Gasteiger partial charge on any atom is -0.490 e. The van der Waals surface area contributed by atoms with E-state index >= 15 is 0 Å². The van der Waals surface area contributed by atoms with Crippen LogP contribution in [0.1, 0.15) is 45.0 Å². The lowest BCUT2D eigenvalue weighted by Crippen LogP contribution is -2.34. The zero-order chi connectivity index (χ0) is 26.2. The van der Waals surface area contributed by atoms with Gasteiger partial charge in [0.05, 0.1) is 19.8 Å². The molecule has 196 valence electrons. The summed E-state index contributed by atoms with van der Waals surface area (Å²) >= 11 is 0. The summed E-state index contributed by atoms with van der Waals surface area (Å²) in [6.07, 6.45) is 0. The van der Waals surface area contributed by atoms with Crippen LogP contribution in [0.2, 0.25) is 0 Å². The van der Waals surface area contributed by atoms with Crippen molar-refractivity contribution in [2.75, 3.05) is 53.1 Å². The van der Waals surface area contributed by atoms with Crippen LogP contribution in [0.25, 0.3) is 0 Å². The second kappa shape index (κ2) is 16.7. The molecule has 1 unspecified atom stereocenters. The van der Waals surface area contributed by atoms with Gasteiger partial charge in [-0.15, -0.1) is 5.92 Å². The molecule has 0 saturated heterocycles. The molecular weight excluding hydrogens is 486 g/mol. The van der Waals surface area contributed by atoms with E-state index in [1.165, 1.54) is 0 Å². The molecule has 10 heteroatoms. The molecule has 0 aromatic heterocycles. The standard InChI is InChI=1S/C25H39N3O5S2/c1-7-8-12-27-22(29)18-31-15-16-33-25(5,35-34-24(2,3)4)19-32-21-11-9-10-20(17-21)23(30)28-14-13-26-6/h9-11,17,26H,12-16,18-19H2,1-6H3,(H,27,29)(H,28,30). The molecule has 1 aromatic carbocycles. The summed E-state index contributed by atoms with van der Waals surface area (Å²) in [6.45, 7) is 12.4. The number of amides is 2. The van der Waals surface area contributed by atoms with Gasteiger partial charge in [-0.25, -0.2) is 0 Å². The van der Waals surface area contributed by atoms with Crippen LogP contribution in [0, 0.1) is 11.8 Å². The SMILES string of the molecule is CC#CCNC(=O)COCCOC(C)(COc1cccc(C(=O)NCCNC)c1)SSC(C)(C)C. The molecule has 1 atom stereocenters. The van der Waals surface area contributed by atoms with E-state index in [1.54, 1.807) is 46.7 Å². The molecule has 1 rings (SSSR count). The van der Waals surface area contributed by atoms with Crippen LogP contribution in [0.5, 0.6) is 5.75 Å². The molecule has 0 radical (unpaired) electrons. The molecule has 3 N–H and O–H groups in total. The number of carbonyl (C=O) groups excluding carboxylic acids is 2. The average molecular weight is 526 g/mol. The molecule has 0 saturated carbocycles. The molecule has 8 nitrogen and oxygen atoms in total. The first-order chi connectivity index (χ1) is 16.6. The minimum atomic E-state index is -0.675. The highest BCUT2D eigenvalue weighted by atomic mass is 33.1. The van der Waals surface area contributed by atoms with Crippen LogP contribution >= 0.6 is 21.6 Å². The predicted molar refractivity (Wildman–Crippen MR) is 145 cm³/mol. The number of likely N-dealkylation sites (N-methyl/N-ethyl adjacent to an activating group) is 1. The number of rotatable bonds is 16. The lowest BCUT2D eigenvalue weighted by atomic mass is 10.2. The highest BCUT2D eigenvalue weighted by Gasteiger charge is 2.30. The minimum absolute atomic E-state index is 0.0244. The summed E-state index contributed by atoms with van der Waals surface area (Å²) in [5.74, 6) is 5.71. The van der Waals surface area contributed by atoms with Crippen LogP contribution < -0.4 is 20.7 Å². The molecule has 0 spiro atoms. The number of hydrogen-bond donors (Lipinski definition) is 3. The van der Waals surface area contributed by atoms with E-state index in [1.807, 2.05) is 20.0 Å². The zero-order valence-corrected chi connectivity index (χ0v) is 23.2. The summed E-state index contributed by atoms with van der Waals surface area (Å²) in [7, 11) is 5.12. The third-order valence-corrected chi connectivity index (χ3v) is 8.12. The molecule has 0 aliphatic rings. The third-order valence-electron chi connectivity index (χ3n) is 4.14. The van der Waals surface area contributed by atoms with Crippen LogP contribution in [-0.4, -0.2) is 74.6 Å². The highest BCUT2D eigenvalue weighted by molar-refractivity contribution is 8.77. The molecule has 1 aromatic rings. The Balaban J connectivity index is 2.63. The van der Waals surface area contributed by atoms with E-state index in [-0.39, 0.29) is 36.4 Å². The lowest BCUT2D eigenvalue weighted by molar-refractivity contribution is -0.126. The Bertz CT molecular complexity index is 851. The summed E-state index contributed by atoms with van der Waals surface area (Å²) < 4.78 is 17.6. The van der Waals surface area contributed by atoms with Crippen molar-refractivity contribution in [2.24, 2.45) is 0 Å². The molecule has 0 aliphatic carbocycles. The number of carbonyl (C=O) groups is 2. The van der Waals surface area contributed by atoms with Gasteiger partial charge in [0.25, 0.3) is 5.91 Å². The summed E-state index contributed by atoms with van der Waals surface area (Å²) in [5, 5.41) is 8.51. The fraction of sp³-hybridized carbons (Fsp3) is 0.600. The Morgan fingerprint density at radius 2 is 1.83 bits per heavy atom. The highest BCUT2D eigenvalue weighted by Crippen LogP contribution is 2.44. The van der Waals surface area contributed by atoms with Gasteiger partial charge in [-0.1, -0.05) is 54.3 Å². The molecule has 35 heavy (non-hydrogen) atoms. The van der Waals surface area contributed by atoms with Crippen molar-refractivity contribution in [1.82, 2.24) is 16.0 Å². The van der Waals surface area contributed by atoms with Gasteiger partial charge in [0.1, 0.15) is 19.0 Å². The van der Waals surface area contributed by atoms with Crippen molar-refractivity contribution in [3.63, 3.8) is 0 Å². The van der Waals surface area contributed by atoms with Crippen molar-refractivity contribution in [1.29, 1.82) is 0 Å². The second-order valence-corrected chi connectivity index (χ2v) is 12.1. The molecule has 0 aliphatic heterocycles. The Labute approximate surface area is 217 Å². The van der Waals surface area contributed by atoms with Crippen LogP contribution in [0.3, 0.4) is 0 Å². The fourth-order valence-electron chi connectivity index (χ4n) is 2.41. The van der Waals surface area contributed by atoms with Gasteiger partial charge in [0, 0.05) is 23.4 Å². The smallest absolute Gasteiger partial charge is 0.251 e. The average Bonchev–Trinajstić information content (AvgIpc) is 2.81. The normalized spacial score (nSPS) is 12.7. The topological polar surface area (TPSA) is 97.9 Å². The van der Waals surface area contributed by atoms with Crippen molar-refractivity contribution < 1.29 is 23.8 Å². The van der Waals surface area contributed by atoms with E-state index in [9.17, 15) is 9.59 Å². The number of ether oxygens (including phenoxy) is 3. The van der Waals surface area contributed by atoms with Gasteiger partial charge in [-0.2, -0.15) is 0 Å². The maximum Gasteiger partial charge on any atom is 0.251 e. The summed E-state index contributed by atoms with van der Waals surface area (Å²) in [4.78, 5) is 23.4. The third kappa shape index (κ3) is 15.0. The van der Waals surface area contributed by atoms with Crippen molar-refractivity contribution in [3.8, 4) is 17.6 Å². The first kappa shape index (κ1) is 31.1. The molecule has 0 heterocycles.